The molecule has 1 N–H and O–H groups in total. The first-order valence-electron chi connectivity index (χ1n) is 8.57. The van der Waals surface area contributed by atoms with Gasteiger partial charge in [0.1, 0.15) is 5.82 Å². The van der Waals surface area contributed by atoms with E-state index in [-0.39, 0.29) is 24.1 Å². The average Bonchev–Trinajstić information content (AvgIpc) is 3.02. The first-order chi connectivity index (χ1) is 13.2. The molecule has 0 aliphatic heterocycles. The molecule has 0 saturated carbocycles. The van der Waals surface area contributed by atoms with Gasteiger partial charge in [-0.05, 0) is 35.4 Å². The van der Waals surface area contributed by atoms with Gasteiger partial charge < -0.3 is 4.57 Å². The maximum Gasteiger partial charge on any atom is 0.231 e. The molecule has 0 fully saturated rings. The Balaban J connectivity index is 1.59. The number of amides is 1. The lowest BCUT2D eigenvalue weighted by molar-refractivity contribution is -0.115. The maximum absolute atomic E-state index is 13.1. The molecule has 134 valence electrons. The van der Waals surface area contributed by atoms with Crippen LogP contribution in [-0.2, 0) is 17.8 Å². The van der Waals surface area contributed by atoms with Crippen LogP contribution in [0.4, 0.5) is 10.3 Å². The van der Waals surface area contributed by atoms with E-state index in [9.17, 15) is 9.18 Å². The standard InChI is InChI=1S/C21H17FN4O/c22-17-8-6-15(7-9-17)13-26-14-16(18-4-1-2-5-19(18)26)12-20(27)25-21-23-10-3-11-24-21/h1-11,14H,12-13H2,(H,23,24,25,27). The molecule has 6 heteroatoms. The molecule has 0 aliphatic carbocycles. The molecule has 2 heterocycles. The summed E-state index contributed by atoms with van der Waals surface area (Å²) in [5, 5.41) is 3.73. The Morgan fingerprint density at radius 1 is 1.00 bits per heavy atom. The predicted molar refractivity (Wildman–Crippen MR) is 102 cm³/mol. The van der Waals surface area contributed by atoms with E-state index in [1.54, 1.807) is 30.6 Å². The third-order valence-electron chi connectivity index (χ3n) is 4.31. The average molecular weight is 360 g/mol. The predicted octanol–water partition coefficient (Wildman–Crippen LogP) is 3.80. The van der Waals surface area contributed by atoms with Gasteiger partial charge in [-0.25, -0.2) is 14.4 Å². The van der Waals surface area contributed by atoms with E-state index in [1.165, 1.54) is 12.1 Å². The minimum Gasteiger partial charge on any atom is -0.343 e. The van der Waals surface area contributed by atoms with Gasteiger partial charge in [0, 0.05) is 36.0 Å². The van der Waals surface area contributed by atoms with E-state index in [4.69, 9.17) is 0 Å². The summed E-state index contributed by atoms with van der Waals surface area (Å²) in [4.78, 5) is 20.4. The fraction of sp³-hybridized carbons (Fsp3) is 0.0952. The topological polar surface area (TPSA) is 59.8 Å². The second-order valence-electron chi connectivity index (χ2n) is 6.22. The Morgan fingerprint density at radius 2 is 1.74 bits per heavy atom. The van der Waals surface area contributed by atoms with Crippen LogP contribution in [0.5, 0.6) is 0 Å². The van der Waals surface area contributed by atoms with Crippen molar-refractivity contribution >= 4 is 22.8 Å². The summed E-state index contributed by atoms with van der Waals surface area (Å²) in [5.74, 6) is -0.139. The Bertz CT molecular complexity index is 1070. The second-order valence-corrected chi connectivity index (χ2v) is 6.22. The summed E-state index contributed by atoms with van der Waals surface area (Å²) >= 11 is 0. The SMILES string of the molecule is O=C(Cc1cn(Cc2ccc(F)cc2)c2ccccc12)Nc1ncccn1. The molecule has 0 radical (unpaired) electrons. The quantitative estimate of drug-likeness (QED) is 0.589. The molecule has 0 unspecified atom stereocenters. The molecule has 5 nitrogen and oxygen atoms in total. The maximum atomic E-state index is 13.1. The van der Waals surface area contributed by atoms with Crippen LogP contribution >= 0.6 is 0 Å². The lowest BCUT2D eigenvalue weighted by Crippen LogP contribution is -2.16. The summed E-state index contributed by atoms with van der Waals surface area (Å²) in [6.07, 6.45) is 5.35. The number of fused-ring (bicyclic) bond motifs is 1. The van der Waals surface area contributed by atoms with Crippen LogP contribution in [0, 0.1) is 5.82 Å². The highest BCUT2D eigenvalue weighted by molar-refractivity contribution is 5.94. The van der Waals surface area contributed by atoms with Crippen molar-refractivity contribution in [2.24, 2.45) is 0 Å². The number of carbonyl (C=O) groups excluding carboxylic acids is 1. The zero-order valence-electron chi connectivity index (χ0n) is 14.5. The van der Waals surface area contributed by atoms with Crippen molar-refractivity contribution in [1.82, 2.24) is 14.5 Å². The molecule has 0 spiro atoms. The van der Waals surface area contributed by atoms with E-state index in [2.05, 4.69) is 19.9 Å². The number of halogens is 1. The zero-order valence-corrected chi connectivity index (χ0v) is 14.5. The number of hydrogen-bond donors (Lipinski definition) is 1. The van der Waals surface area contributed by atoms with Crippen molar-refractivity contribution < 1.29 is 9.18 Å². The van der Waals surface area contributed by atoms with E-state index >= 15 is 0 Å². The van der Waals surface area contributed by atoms with Crippen molar-refractivity contribution in [1.29, 1.82) is 0 Å². The second kappa shape index (κ2) is 7.37. The van der Waals surface area contributed by atoms with Gasteiger partial charge in [0.05, 0.1) is 6.42 Å². The van der Waals surface area contributed by atoms with Crippen molar-refractivity contribution in [2.75, 3.05) is 5.32 Å². The minimum absolute atomic E-state index is 0.175. The summed E-state index contributed by atoms with van der Waals surface area (Å²) in [5.41, 5.74) is 2.94. The molecule has 4 aromatic rings. The summed E-state index contributed by atoms with van der Waals surface area (Å²) in [6.45, 7) is 0.601. The lowest BCUT2D eigenvalue weighted by atomic mass is 10.1. The van der Waals surface area contributed by atoms with Crippen LogP contribution in [0.25, 0.3) is 10.9 Å². The van der Waals surface area contributed by atoms with Crippen LogP contribution in [0.15, 0.2) is 73.2 Å². The Kier molecular flexibility index (Phi) is 4.61. The first kappa shape index (κ1) is 16.9. The van der Waals surface area contributed by atoms with E-state index in [1.807, 2.05) is 30.5 Å². The Morgan fingerprint density at radius 3 is 2.52 bits per heavy atom. The Hall–Kier alpha value is -3.54. The Labute approximate surface area is 155 Å². The fourth-order valence-electron chi connectivity index (χ4n) is 3.09. The van der Waals surface area contributed by atoms with Crippen LogP contribution in [0.1, 0.15) is 11.1 Å². The van der Waals surface area contributed by atoms with Gasteiger partial charge in [0.15, 0.2) is 0 Å². The number of para-hydroxylation sites is 1. The van der Waals surface area contributed by atoms with Gasteiger partial charge in [-0.2, -0.15) is 0 Å². The molecular weight excluding hydrogens is 343 g/mol. The number of benzene rings is 2. The van der Waals surface area contributed by atoms with Crippen LogP contribution in [0.2, 0.25) is 0 Å². The smallest absolute Gasteiger partial charge is 0.231 e. The lowest BCUT2D eigenvalue weighted by Gasteiger charge is -2.05. The largest absolute Gasteiger partial charge is 0.343 e. The van der Waals surface area contributed by atoms with E-state index in [0.717, 1.165) is 22.0 Å². The van der Waals surface area contributed by atoms with Crippen molar-refractivity contribution in [3.8, 4) is 0 Å². The normalized spacial score (nSPS) is 10.9. The fourth-order valence-corrected chi connectivity index (χ4v) is 3.09. The van der Waals surface area contributed by atoms with E-state index in [0.29, 0.717) is 6.54 Å². The first-order valence-corrected chi connectivity index (χ1v) is 8.57. The highest BCUT2D eigenvalue weighted by Gasteiger charge is 2.13. The number of aromatic nitrogens is 3. The number of carbonyl (C=O) groups is 1. The van der Waals surface area contributed by atoms with Crippen molar-refractivity contribution in [3.63, 3.8) is 0 Å². The molecule has 0 atom stereocenters. The van der Waals surface area contributed by atoms with Gasteiger partial charge in [-0.15, -0.1) is 0 Å². The third-order valence-corrected chi connectivity index (χ3v) is 4.31. The molecule has 0 saturated heterocycles. The van der Waals surface area contributed by atoms with Crippen LogP contribution < -0.4 is 5.32 Å². The number of nitrogens with one attached hydrogen (secondary N) is 1. The molecule has 1 amide bonds. The number of rotatable bonds is 5. The summed E-state index contributed by atoms with van der Waals surface area (Å²) in [6, 6.07) is 16.1. The molecule has 27 heavy (non-hydrogen) atoms. The van der Waals surface area contributed by atoms with Crippen LogP contribution in [-0.4, -0.2) is 20.4 Å². The van der Waals surface area contributed by atoms with Gasteiger partial charge >= 0.3 is 0 Å². The molecule has 4 rings (SSSR count). The number of nitrogens with zero attached hydrogens (tertiary/aromatic N) is 3. The summed E-state index contributed by atoms with van der Waals surface area (Å²) in [7, 11) is 0. The zero-order chi connectivity index (χ0) is 18.6. The monoisotopic (exact) mass is 360 g/mol. The molecular formula is C21H17FN4O. The summed E-state index contributed by atoms with van der Waals surface area (Å²) < 4.78 is 15.2. The molecule has 2 aromatic heterocycles. The minimum atomic E-state index is -0.253. The third kappa shape index (κ3) is 3.84. The highest BCUT2D eigenvalue weighted by Crippen LogP contribution is 2.23. The highest BCUT2D eigenvalue weighted by atomic mass is 19.1. The van der Waals surface area contributed by atoms with Crippen molar-refractivity contribution in [2.45, 2.75) is 13.0 Å². The van der Waals surface area contributed by atoms with Crippen molar-refractivity contribution in [3.05, 3.63) is 90.1 Å². The van der Waals surface area contributed by atoms with Gasteiger partial charge in [-0.3, -0.25) is 10.1 Å². The number of anilines is 1. The molecule has 2 aromatic carbocycles. The molecule has 0 bridgehead atoms. The van der Waals surface area contributed by atoms with Gasteiger partial charge in [0.25, 0.3) is 0 Å². The van der Waals surface area contributed by atoms with Crippen LogP contribution in [0.3, 0.4) is 0 Å². The van der Waals surface area contributed by atoms with E-state index < -0.39 is 0 Å². The van der Waals surface area contributed by atoms with Gasteiger partial charge in [-0.1, -0.05) is 30.3 Å². The van der Waals surface area contributed by atoms with Gasteiger partial charge in [0.2, 0.25) is 11.9 Å². The molecule has 0 aliphatic rings. The number of hydrogen-bond acceptors (Lipinski definition) is 3.